The molecule has 0 spiro atoms. The number of benzene rings is 3. The molecule has 258 valence electrons. The van der Waals surface area contributed by atoms with Crippen molar-refractivity contribution < 1.29 is 33.3 Å². The van der Waals surface area contributed by atoms with E-state index in [2.05, 4.69) is 15.8 Å². The highest BCUT2D eigenvalue weighted by Gasteiger charge is 2.34. The van der Waals surface area contributed by atoms with Crippen LogP contribution in [0.5, 0.6) is 17.2 Å². The quantitative estimate of drug-likeness (QED) is 0.173. The van der Waals surface area contributed by atoms with Crippen LogP contribution >= 0.6 is 34.5 Å². The van der Waals surface area contributed by atoms with Crippen LogP contribution in [-0.4, -0.2) is 43.4 Å². The number of halogens is 2. The first-order valence-electron chi connectivity index (χ1n) is 15.4. The molecule has 0 N–H and O–H groups in total. The fourth-order valence-electron chi connectivity index (χ4n) is 5.24. The monoisotopic (exact) mass is 735 g/mol. The van der Waals surface area contributed by atoms with Gasteiger partial charge in [0.05, 0.1) is 63.8 Å². The Labute approximate surface area is 301 Å². The van der Waals surface area contributed by atoms with Crippen molar-refractivity contribution >= 4 is 52.6 Å². The lowest BCUT2D eigenvalue weighted by Gasteiger charge is -2.25. The minimum Gasteiger partial charge on any atom is -0.490 e. The van der Waals surface area contributed by atoms with E-state index in [1.807, 2.05) is 0 Å². The number of fused-ring (bicyclic) bond motifs is 1. The normalized spacial score (nSPS) is 13.9. The number of hydrogen-bond acceptors (Lipinski definition) is 11. The number of hydrogen-bond donors (Lipinski definition) is 0. The lowest BCUT2D eigenvalue weighted by atomic mass is 9.95. The molecule has 0 fully saturated rings. The van der Waals surface area contributed by atoms with Gasteiger partial charge in [-0.25, -0.2) is 14.6 Å². The van der Waals surface area contributed by atoms with Crippen molar-refractivity contribution in [3.63, 3.8) is 0 Å². The maximum absolute atomic E-state index is 14.2. The number of aromatic nitrogens is 1. The lowest BCUT2D eigenvalue weighted by Crippen LogP contribution is -2.40. The van der Waals surface area contributed by atoms with Crippen molar-refractivity contribution in [3.8, 4) is 23.3 Å². The first-order chi connectivity index (χ1) is 24.1. The summed E-state index contributed by atoms with van der Waals surface area (Å²) < 4.78 is 29.1. The average molecular weight is 737 g/mol. The maximum atomic E-state index is 14.2. The van der Waals surface area contributed by atoms with E-state index >= 15 is 0 Å². The predicted molar refractivity (Wildman–Crippen MR) is 187 cm³/mol. The molecule has 1 atom stereocenters. The van der Waals surface area contributed by atoms with E-state index in [0.717, 1.165) is 11.3 Å². The van der Waals surface area contributed by atoms with Crippen LogP contribution in [-0.2, 0) is 25.7 Å². The molecule has 0 saturated carbocycles. The summed E-state index contributed by atoms with van der Waals surface area (Å²) in [6.07, 6.45) is 1.63. The van der Waals surface area contributed by atoms with Crippen LogP contribution in [0.3, 0.4) is 0 Å². The van der Waals surface area contributed by atoms with Crippen LogP contribution in [0.4, 0.5) is 0 Å². The first kappa shape index (κ1) is 36.2. The van der Waals surface area contributed by atoms with Crippen LogP contribution in [0.15, 0.2) is 75.7 Å². The summed E-state index contributed by atoms with van der Waals surface area (Å²) >= 11 is 14.3. The molecule has 0 bridgehead atoms. The molecule has 2 heterocycles. The van der Waals surface area contributed by atoms with Crippen molar-refractivity contribution in [2.24, 2.45) is 4.99 Å². The summed E-state index contributed by atoms with van der Waals surface area (Å²) in [5.41, 5.74) is 2.35. The Bertz CT molecular complexity index is 2200. The van der Waals surface area contributed by atoms with Crippen molar-refractivity contribution in [3.05, 3.63) is 118 Å². The summed E-state index contributed by atoms with van der Waals surface area (Å²) in [7, 11) is 1.26. The minimum absolute atomic E-state index is 0.0761. The number of nitrogens with zero attached hydrogens (tertiary/aromatic N) is 3. The summed E-state index contributed by atoms with van der Waals surface area (Å²) in [5.74, 6) is -0.376. The number of nitriles is 1. The van der Waals surface area contributed by atoms with Gasteiger partial charge >= 0.3 is 11.9 Å². The summed E-state index contributed by atoms with van der Waals surface area (Å²) in [5, 5.41) is 9.81. The molecule has 0 unspecified atom stereocenters. The molecule has 1 aliphatic rings. The second-order valence-electron chi connectivity index (χ2n) is 10.7. The van der Waals surface area contributed by atoms with E-state index in [1.54, 1.807) is 81.4 Å². The van der Waals surface area contributed by atoms with Gasteiger partial charge in [-0.05, 0) is 68.3 Å². The number of carbonyl (C=O) groups is 2. The Balaban J connectivity index is 1.57. The zero-order valence-corrected chi connectivity index (χ0v) is 29.8. The van der Waals surface area contributed by atoms with Crippen molar-refractivity contribution in [1.29, 1.82) is 5.26 Å². The van der Waals surface area contributed by atoms with Gasteiger partial charge in [-0.3, -0.25) is 9.36 Å². The summed E-state index contributed by atoms with van der Waals surface area (Å²) in [6, 6.07) is 16.4. The molecular formula is C36H31Cl2N3O8S. The second kappa shape index (κ2) is 16.1. The highest BCUT2D eigenvalue weighted by molar-refractivity contribution is 7.07. The summed E-state index contributed by atoms with van der Waals surface area (Å²) in [6.45, 7) is 5.30. The molecule has 1 aliphatic heterocycles. The zero-order valence-electron chi connectivity index (χ0n) is 27.5. The minimum atomic E-state index is -0.930. The molecule has 11 nitrogen and oxygen atoms in total. The number of rotatable bonds is 12. The zero-order chi connectivity index (χ0) is 35.9. The van der Waals surface area contributed by atoms with Gasteiger partial charge in [0.25, 0.3) is 5.56 Å². The molecule has 4 aromatic rings. The molecule has 0 amide bonds. The number of carbonyl (C=O) groups excluding carboxylic acids is 2. The van der Waals surface area contributed by atoms with E-state index in [9.17, 15) is 19.6 Å². The van der Waals surface area contributed by atoms with Crippen molar-refractivity contribution in [1.82, 2.24) is 4.57 Å². The molecule has 3 aromatic carbocycles. The third-order valence-electron chi connectivity index (χ3n) is 7.50. The predicted octanol–water partition coefficient (Wildman–Crippen LogP) is 5.51. The largest absolute Gasteiger partial charge is 0.490 e. The fraction of sp³-hybridized carbons (Fsp3) is 0.250. The van der Waals surface area contributed by atoms with Gasteiger partial charge in [-0.15, -0.1) is 0 Å². The number of allylic oxidation sites excluding steroid dienone is 1. The van der Waals surface area contributed by atoms with Gasteiger partial charge in [0.1, 0.15) is 6.61 Å². The van der Waals surface area contributed by atoms with Crippen LogP contribution in [0.2, 0.25) is 10.0 Å². The molecule has 14 heteroatoms. The van der Waals surface area contributed by atoms with Crippen LogP contribution in [0.25, 0.3) is 6.08 Å². The molecular weight excluding hydrogens is 705 g/mol. The highest BCUT2D eigenvalue weighted by Crippen LogP contribution is 2.37. The smallest absolute Gasteiger partial charge is 0.343 e. The summed E-state index contributed by atoms with van der Waals surface area (Å²) in [4.78, 5) is 44.2. The molecule has 50 heavy (non-hydrogen) atoms. The molecule has 5 rings (SSSR count). The molecule has 0 saturated heterocycles. The number of thiazole rings is 1. The highest BCUT2D eigenvalue weighted by atomic mass is 35.5. The van der Waals surface area contributed by atoms with Gasteiger partial charge in [0.15, 0.2) is 28.7 Å². The van der Waals surface area contributed by atoms with E-state index in [-0.39, 0.29) is 53.5 Å². The number of esters is 2. The van der Waals surface area contributed by atoms with E-state index in [0.29, 0.717) is 43.0 Å². The van der Waals surface area contributed by atoms with Gasteiger partial charge in [-0.1, -0.05) is 58.8 Å². The van der Waals surface area contributed by atoms with Crippen molar-refractivity contribution in [2.45, 2.75) is 33.4 Å². The van der Waals surface area contributed by atoms with Gasteiger partial charge in [-0.2, -0.15) is 5.26 Å². The fourth-order valence-corrected chi connectivity index (χ4v) is 6.90. The van der Waals surface area contributed by atoms with Gasteiger partial charge < -0.3 is 23.7 Å². The van der Waals surface area contributed by atoms with Crippen LogP contribution in [0.1, 0.15) is 49.1 Å². The SMILES string of the molecule is CCOC(=O)C1=C(C)N=c2s/c(=C\c3cc(Cl)c(OCc4ccccc4C#N)c(Cl)c3)c(=O)n2[C@H]1c1ccc(OCC(=O)OC)c(OCC)c1. The van der Waals surface area contributed by atoms with Crippen molar-refractivity contribution in [2.75, 3.05) is 26.9 Å². The average Bonchev–Trinajstić information content (AvgIpc) is 3.40. The number of ether oxygens (including phenoxy) is 5. The Morgan fingerprint density at radius 1 is 1.02 bits per heavy atom. The Kier molecular flexibility index (Phi) is 11.6. The molecule has 1 aromatic heterocycles. The van der Waals surface area contributed by atoms with E-state index < -0.39 is 23.5 Å². The maximum Gasteiger partial charge on any atom is 0.343 e. The lowest BCUT2D eigenvalue weighted by molar-refractivity contribution is -0.143. The Morgan fingerprint density at radius 3 is 2.44 bits per heavy atom. The third-order valence-corrected chi connectivity index (χ3v) is 9.05. The van der Waals surface area contributed by atoms with Gasteiger partial charge in [0.2, 0.25) is 0 Å². The van der Waals surface area contributed by atoms with Gasteiger partial charge in [0, 0.05) is 5.56 Å². The van der Waals surface area contributed by atoms with E-state index in [4.69, 9.17) is 42.1 Å². The first-order valence-corrected chi connectivity index (χ1v) is 16.9. The topological polar surface area (TPSA) is 138 Å². The molecule has 0 radical (unpaired) electrons. The second-order valence-corrected chi connectivity index (χ2v) is 12.5. The van der Waals surface area contributed by atoms with Crippen LogP contribution in [0, 0.1) is 11.3 Å². The Hall–Kier alpha value is -5.09. The number of methoxy groups -OCH3 is 1. The standard InChI is InChI=1S/C36H31Cl2N3O8S/c1-5-46-28-16-22(11-12-27(28)48-19-30(42)45-4)32-31(35(44)47-6-2)20(3)40-36-41(32)34(43)29(50-36)15-21-13-25(37)33(26(38)14-21)49-18-24-10-8-7-9-23(24)17-39/h7-16,32H,5-6,18-19H2,1-4H3/b29-15-/t32-/m0/s1. The van der Waals surface area contributed by atoms with Crippen LogP contribution < -0.4 is 29.1 Å². The third kappa shape index (κ3) is 7.70. The molecule has 0 aliphatic carbocycles. The Morgan fingerprint density at radius 2 is 1.76 bits per heavy atom. The van der Waals surface area contributed by atoms with E-state index in [1.165, 1.54) is 11.7 Å².